The Hall–Kier alpha value is -6.44. The van der Waals surface area contributed by atoms with E-state index in [1.165, 1.54) is 42.5 Å². The first kappa shape index (κ1) is 41.7. The number of halogens is 2. The fourth-order valence-corrected chi connectivity index (χ4v) is 5.53. The van der Waals surface area contributed by atoms with Gasteiger partial charge in [0, 0.05) is 17.7 Å². The summed E-state index contributed by atoms with van der Waals surface area (Å²) in [5.74, 6) is -1.39. The number of unbranched alkanes of at least 4 members (excludes halogenated alkanes) is 2. The van der Waals surface area contributed by atoms with Crippen molar-refractivity contribution in [2.75, 3.05) is 26.4 Å². The summed E-state index contributed by atoms with van der Waals surface area (Å²) < 4.78 is 37.6. The first-order chi connectivity index (χ1) is 27.5. The zero-order valence-corrected chi connectivity index (χ0v) is 31.8. The van der Waals surface area contributed by atoms with Gasteiger partial charge in [0.25, 0.3) is 0 Å². The van der Waals surface area contributed by atoms with Crippen LogP contribution in [0.15, 0.2) is 113 Å². The highest BCUT2D eigenvalue weighted by atomic mass is 35.5. The Morgan fingerprint density at radius 3 is 1.61 bits per heavy atom. The topological polar surface area (TPSA) is 167 Å². The van der Waals surface area contributed by atoms with Crippen LogP contribution in [0.5, 0.6) is 23.0 Å². The Balaban J connectivity index is 1.15. The van der Waals surface area contributed by atoms with Gasteiger partial charge in [0.1, 0.15) is 17.2 Å². The van der Waals surface area contributed by atoms with Crippen molar-refractivity contribution in [2.45, 2.75) is 25.7 Å². The summed E-state index contributed by atoms with van der Waals surface area (Å²) in [6.45, 7) is 7.98. The van der Waals surface area contributed by atoms with E-state index >= 15 is 0 Å². The third-order valence-electron chi connectivity index (χ3n) is 7.87. The predicted molar refractivity (Wildman–Crippen MR) is 210 cm³/mol. The molecule has 5 rings (SSSR count). The highest BCUT2D eigenvalue weighted by molar-refractivity contribution is 6.37. The molecule has 0 saturated carbocycles. The van der Waals surface area contributed by atoms with Gasteiger partial charge in [-0.2, -0.15) is 0 Å². The van der Waals surface area contributed by atoms with Gasteiger partial charge in [0.05, 0.1) is 58.5 Å². The Bertz CT molecular complexity index is 2300. The molecule has 13 nitrogen and oxygen atoms in total. The average molecular weight is 817 g/mol. The minimum atomic E-state index is -0.766. The van der Waals surface area contributed by atoms with Gasteiger partial charge in [-0.05, 0) is 105 Å². The maximum absolute atomic E-state index is 13.1. The summed E-state index contributed by atoms with van der Waals surface area (Å²) in [5, 5.41) is -0.0304. The number of carbonyl (C=O) groups is 4. The zero-order chi connectivity index (χ0) is 40.7. The minimum Gasteiger partial charge on any atom is -0.494 e. The number of rotatable bonds is 19. The van der Waals surface area contributed by atoms with E-state index < -0.39 is 29.5 Å². The van der Waals surface area contributed by atoms with Gasteiger partial charge in [-0.15, -0.1) is 0 Å². The molecule has 0 aliphatic carbocycles. The number of carbonyl (C=O) groups excluding carboxylic acids is 4. The Kier molecular flexibility index (Phi) is 15.0. The van der Waals surface area contributed by atoms with Crippen molar-refractivity contribution in [3.8, 4) is 34.5 Å². The molecule has 0 spiro atoms. The third-order valence-corrected chi connectivity index (χ3v) is 8.43. The number of benzene rings is 4. The van der Waals surface area contributed by atoms with Crippen LogP contribution in [0.2, 0.25) is 10.0 Å². The lowest BCUT2D eigenvalue weighted by Crippen LogP contribution is -2.10. The molecule has 15 heteroatoms. The molecule has 294 valence electrons. The monoisotopic (exact) mass is 815 g/mol. The van der Waals surface area contributed by atoms with Crippen molar-refractivity contribution in [3.05, 3.63) is 136 Å². The van der Waals surface area contributed by atoms with Gasteiger partial charge in [0.15, 0.2) is 5.75 Å². The summed E-state index contributed by atoms with van der Waals surface area (Å²) in [4.78, 5) is 65.4. The van der Waals surface area contributed by atoms with Crippen LogP contribution in [-0.2, 0) is 19.1 Å². The van der Waals surface area contributed by atoms with E-state index in [0.29, 0.717) is 50.4 Å². The number of ether oxygens (including phenoxy) is 6. The lowest BCUT2D eigenvalue weighted by molar-refractivity contribution is -0.138. The van der Waals surface area contributed by atoms with Gasteiger partial charge in [-0.25, -0.2) is 29.0 Å². The molecule has 4 aromatic carbocycles. The van der Waals surface area contributed by atoms with Crippen LogP contribution < -0.4 is 24.6 Å². The maximum Gasteiger partial charge on any atom is 0.347 e. The van der Waals surface area contributed by atoms with Crippen LogP contribution >= 0.6 is 23.2 Å². The first-order valence-electron chi connectivity index (χ1n) is 17.5. The average Bonchev–Trinajstić information content (AvgIpc) is 3.21. The molecular formula is C42H35Cl2NO12. The second-order valence-corrected chi connectivity index (χ2v) is 12.8. The third kappa shape index (κ3) is 12.0. The number of hydrogen-bond donors (Lipinski definition) is 0. The number of nitrogens with zero attached hydrogens (tertiary/aromatic N) is 1. The summed E-state index contributed by atoms with van der Waals surface area (Å²) in [5.41, 5.74) is 0.171. The molecular weight excluding hydrogens is 781 g/mol. The lowest BCUT2D eigenvalue weighted by Gasteiger charge is -2.11. The summed E-state index contributed by atoms with van der Waals surface area (Å²) in [6.07, 6.45) is 4.75. The van der Waals surface area contributed by atoms with Gasteiger partial charge in [0.2, 0.25) is 5.89 Å². The van der Waals surface area contributed by atoms with Crippen molar-refractivity contribution in [2.24, 2.45) is 0 Å². The molecule has 1 heterocycles. The van der Waals surface area contributed by atoms with Gasteiger partial charge < -0.3 is 32.8 Å². The van der Waals surface area contributed by atoms with Crippen molar-refractivity contribution in [1.29, 1.82) is 0 Å². The van der Waals surface area contributed by atoms with Crippen molar-refractivity contribution in [1.82, 2.24) is 4.98 Å². The Morgan fingerprint density at radius 2 is 1.11 bits per heavy atom. The largest absolute Gasteiger partial charge is 0.494 e. The van der Waals surface area contributed by atoms with Crippen LogP contribution in [0, 0.1) is 0 Å². The predicted octanol–water partition coefficient (Wildman–Crippen LogP) is 8.38. The summed E-state index contributed by atoms with van der Waals surface area (Å²) >= 11 is 12.9. The standard InChI is InChI=1S/C42H35Cl2NO12/c1-3-36(46)53-21-7-5-19-51-29-13-9-26(10-14-29)40(48)55-31-17-18-35-32(25-31)42(50)57-39(45-35)28-23-33(43)38(34(44)24-28)56-41(49)27-11-15-30(16-12-27)52-20-6-8-22-54-37(47)4-2/h3-4,9-18,23-25H,1-2,5-8,19-22H2. The van der Waals surface area contributed by atoms with E-state index in [-0.39, 0.29) is 68.2 Å². The Morgan fingerprint density at radius 1 is 0.632 bits per heavy atom. The maximum atomic E-state index is 13.1. The van der Waals surface area contributed by atoms with E-state index in [2.05, 4.69) is 18.1 Å². The molecule has 5 aromatic rings. The molecule has 1 aromatic heterocycles. The molecule has 0 fully saturated rings. The fourth-order valence-electron chi connectivity index (χ4n) is 4.96. The van der Waals surface area contributed by atoms with E-state index in [1.54, 1.807) is 36.4 Å². The molecule has 0 N–H and O–H groups in total. The van der Waals surface area contributed by atoms with Crippen LogP contribution in [0.1, 0.15) is 46.4 Å². The lowest BCUT2D eigenvalue weighted by atomic mass is 10.2. The fraction of sp³-hybridized carbons (Fsp3) is 0.190. The van der Waals surface area contributed by atoms with E-state index in [4.69, 9.17) is 56.0 Å². The number of aromatic nitrogens is 1. The van der Waals surface area contributed by atoms with Gasteiger partial charge in [-0.3, -0.25) is 0 Å². The molecule has 0 aliphatic heterocycles. The summed E-state index contributed by atoms with van der Waals surface area (Å²) in [7, 11) is 0. The number of esters is 4. The molecule has 57 heavy (non-hydrogen) atoms. The van der Waals surface area contributed by atoms with E-state index in [1.807, 2.05) is 0 Å². The summed E-state index contributed by atoms with van der Waals surface area (Å²) in [6, 6.07) is 19.7. The zero-order valence-electron chi connectivity index (χ0n) is 30.3. The Labute approximate surface area is 336 Å². The van der Waals surface area contributed by atoms with Crippen LogP contribution in [0.4, 0.5) is 0 Å². The first-order valence-corrected chi connectivity index (χ1v) is 18.2. The SMILES string of the molecule is C=CC(=O)OCCCCOc1ccc(C(=O)Oc2ccc3nc(-c4cc(Cl)c(OC(=O)c5ccc(OCCCCOC(=O)C=C)cc5)c(Cl)c4)oc(=O)c3c2)cc1. The van der Waals surface area contributed by atoms with Crippen molar-refractivity contribution < 1.29 is 52.0 Å². The quantitative estimate of drug-likeness (QED) is 0.0338. The molecule has 0 unspecified atom stereocenters. The normalized spacial score (nSPS) is 10.6. The van der Waals surface area contributed by atoms with Gasteiger partial charge in [-0.1, -0.05) is 36.4 Å². The number of hydrogen-bond acceptors (Lipinski definition) is 13. The molecule has 0 amide bonds. The number of fused-ring (bicyclic) bond motifs is 1. The molecule has 0 atom stereocenters. The van der Waals surface area contributed by atoms with Crippen LogP contribution in [0.3, 0.4) is 0 Å². The second kappa shape index (κ2) is 20.5. The van der Waals surface area contributed by atoms with E-state index in [0.717, 1.165) is 12.2 Å². The highest BCUT2D eigenvalue weighted by Crippen LogP contribution is 2.38. The van der Waals surface area contributed by atoms with Gasteiger partial charge >= 0.3 is 29.5 Å². The highest BCUT2D eigenvalue weighted by Gasteiger charge is 2.19. The smallest absolute Gasteiger partial charge is 0.347 e. The van der Waals surface area contributed by atoms with E-state index in [9.17, 15) is 24.0 Å². The molecule has 0 saturated heterocycles. The molecule has 0 bridgehead atoms. The van der Waals surface area contributed by atoms with Crippen molar-refractivity contribution >= 4 is 58.0 Å². The molecule has 0 radical (unpaired) electrons. The van der Waals surface area contributed by atoms with Crippen molar-refractivity contribution in [3.63, 3.8) is 0 Å². The second-order valence-electron chi connectivity index (χ2n) is 11.9. The van der Waals surface area contributed by atoms with Crippen LogP contribution in [0.25, 0.3) is 22.4 Å². The van der Waals surface area contributed by atoms with Crippen LogP contribution in [-0.4, -0.2) is 55.3 Å². The molecule has 0 aliphatic rings. The minimum absolute atomic E-state index is 0.0419.